The van der Waals surface area contributed by atoms with Crippen LogP contribution in [0.5, 0.6) is 0 Å². The topological polar surface area (TPSA) is 237 Å². The molecule has 0 aromatic heterocycles. The van der Waals surface area contributed by atoms with Gasteiger partial charge in [-0.25, -0.2) is 9.13 Å². The Morgan fingerprint density at radius 1 is 0.264 bits per heavy atom. The van der Waals surface area contributed by atoms with E-state index in [1.54, 1.807) is 0 Å². The molecule has 0 aromatic carbocycles. The van der Waals surface area contributed by atoms with Gasteiger partial charge in [-0.05, 0) is 37.5 Å². The summed E-state index contributed by atoms with van der Waals surface area (Å²) in [7, 11) is -9.93. The molecule has 0 radical (unpaired) electrons. The highest BCUT2D eigenvalue weighted by Crippen LogP contribution is 2.45. The minimum absolute atomic E-state index is 0.105. The van der Waals surface area contributed by atoms with Gasteiger partial charge in [-0.3, -0.25) is 37.3 Å². The van der Waals surface area contributed by atoms with Gasteiger partial charge in [-0.1, -0.05) is 414 Å². The SMILES string of the molecule is CCCCCCCCCCCCCCCCCCCCCCCCC(=O)OC[C@H](COP(=O)(O)OC[C@@H](O)COP(=O)(O)OC[C@@H](COC(=O)CCCCCCCCCCCC)OC(=O)CCCCCCCCCCC(C)CC)OC(=O)CCCCCCCCCCCCCCCCCCCCC(C)CC. The van der Waals surface area contributed by atoms with Crippen LogP contribution in [0.15, 0.2) is 0 Å². The molecule has 0 amide bonds. The third-order valence-electron chi connectivity index (χ3n) is 21.2. The van der Waals surface area contributed by atoms with Gasteiger partial charge in [0.15, 0.2) is 12.2 Å². The lowest BCUT2D eigenvalue weighted by Gasteiger charge is -2.21. The predicted octanol–water partition coefficient (Wildman–Crippen LogP) is 26.6. The smallest absolute Gasteiger partial charge is 0.462 e. The quantitative estimate of drug-likeness (QED) is 0.0222. The van der Waals surface area contributed by atoms with E-state index in [1.165, 1.54) is 283 Å². The molecule has 0 aliphatic carbocycles. The van der Waals surface area contributed by atoms with E-state index in [-0.39, 0.29) is 25.7 Å². The van der Waals surface area contributed by atoms with Crippen molar-refractivity contribution in [1.29, 1.82) is 0 Å². The molecule has 3 N–H and O–H groups in total. The molecule has 0 spiro atoms. The highest BCUT2D eigenvalue weighted by molar-refractivity contribution is 7.47. The molecule has 0 heterocycles. The molecule has 106 heavy (non-hydrogen) atoms. The first-order valence-corrected chi connectivity index (χ1v) is 48.1. The van der Waals surface area contributed by atoms with E-state index in [0.29, 0.717) is 25.7 Å². The lowest BCUT2D eigenvalue weighted by molar-refractivity contribution is -0.161. The maximum Gasteiger partial charge on any atom is 0.472 e. The summed E-state index contributed by atoms with van der Waals surface area (Å²) in [4.78, 5) is 73.2. The molecule has 0 saturated heterocycles. The van der Waals surface area contributed by atoms with E-state index < -0.39 is 97.5 Å². The molecular formula is C87H170O17P2. The Balaban J connectivity index is 5.19. The first-order chi connectivity index (χ1) is 51.4. The molecule has 19 heteroatoms. The van der Waals surface area contributed by atoms with Crippen molar-refractivity contribution in [2.75, 3.05) is 39.6 Å². The molecular weight excluding hydrogens is 1380 g/mol. The number of ether oxygens (including phenoxy) is 4. The fourth-order valence-electron chi connectivity index (χ4n) is 13.5. The third kappa shape index (κ3) is 77.4. The number of phosphoric acid groups is 2. The van der Waals surface area contributed by atoms with Crippen LogP contribution in [0.3, 0.4) is 0 Å². The molecule has 630 valence electrons. The summed E-state index contributed by atoms with van der Waals surface area (Å²) < 4.78 is 68.8. The highest BCUT2D eigenvalue weighted by atomic mass is 31.2. The zero-order valence-corrected chi connectivity index (χ0v) is 71.5. The number of unbranched alkanes of at least 4 members (excludes halogenated alkanes) is 54. The maximum atomic E-state index is 13.2. The number of esters is 4. The van der Waals surface area contributed by atoms with E-state index in [4.69, 9.17) is 37.0 Å². The van der Waals surface area contributed by atoms with Crippen molar-refractivity contribution in [3.63, 3.8) is 0 Å². The lowest BCUT2D eigenvalue weighted by atomic mass is 9.99. The third-order valence-corrected chi connectivity index (χ3v) is 23.1. The van der Waals surface area contributed by atoms with Gasteiger partial charge in [0.2, 0.25) is 0 Å². The van der Waals surface area contributed by atoms with Gasteiger partial charge in [-0.2, -0.15) is 0 Å². The number of carbonyl (C=O) groups excluding carboxylic acids is 4. The van der Waals surface area contributed by atoms with Crippen LogP contribution in [0.1, 0.15) is 465 Å². The first kappa shape index (κ1) is 104. The lowest BCUT2D eigenvalue weighted by Crippen LogP contribution is -2.30. The van der Waals surface area contributed by atoms with Crippen LogP contribution < -0.4 is 0 Å². The second kappa shape index (κ2) is 78.3. The molecule has 0 rings (SSSR count). The molecule has 0 bridgehead atoms. The van der Waals surface area contributed by atoms with E-state index >= 15 is 0 Å². The van der Waals surface area contributed by atoms with Crippen molar-refractivity contribution in [3.8, 4) is 0 Å². The summed E-state index contributed by atoms with van der Waals surface area (Å²) in [6.45, 7) is 9.72. The summed E-state index contributed by atoms with van der Waals surface area (Å²) in [5.41, 5.74) is 0. The number of aliphatic hydroxyl groups excluding tert-OH is 1. The van der Waals surface area contributed by atoms with Gasteiger partial charge in [-0.15, -0.1) is 0 Å². The van der Waals surface area contributed by atoms with Crippen molar-refractivity contribution >= 4 is 39.5 Å². The van der Waals surface area contributed by atoms with E-state index in [1.807, 2.05) is 0 Å². The molecule has 0 aliphatic rings. The van der Waals surface area contributed by atoms with E-state index in [9.17, 15) is 43.2 Å². The van der Waals surface area contributed by atoms with Crippen LogP contribution in [0, 0.1) is 11.8 Å². The Labute approximate surface area is 651 Å². The van der Waals surface area contributed by atoms with Crippen LogP contribution in [0.25, 0.3) is 0 Å². The zero-order valence-electron chi connectivity index (χ0n) is 69.7. The molecule has 0 saturated carbocycles. The Morgan fingerprint density at radius 3 is 0.670 bits per heavy atom. The van der Waals surface area contributed by atoms with Crippen molar-refractivity contribution in [2.45, 2.75) is 484 Å². The fourth-order valence-corrected chi connectivity index (χ4v) is 15.1. The molecule has 7 atom stereocenters. The van der Waals surface area contributed by atoms with Crippen molar-refractivity contribution in [2.24, 2.45) is 11.8 Å². The number of aliphatic hydroxyl groups is 1. The highest BCUT2D eigenvalue weighted by Gasteiger charge is 2.30. The Kier molecular flexibility index (Phi) is 76.9. The molecule has 17 nitrogen and oxygen atoms in total. The van der Waals surface area contributed by atoms with Gasteiger partial charge in [0.25, 0.3) is 0 Å². The van der Waals surface area contributed by atoms with Gasteiger partial charge in [0, 0.05) is 25.7 Å². The fraction of sp³-hybridized carbons (Fsp3) is 0.954. The number of rotatable bonds is 86. The average molecular weight is 1550 g/mol. The summed E-state index contributed by atoms with van der Waals surface area (Å²) in [5.74, 6) is -0.464. The Bertz CT molecular complexity index is 2030. The van der Waals surface area contributed by atoms with Crippen molar-refractivity contribution < 1.29 is 80.2 Å². The van der Waals surface area contributed by atoms with Crippen LogP contribution in [-0.2, 0) is 65.4 Å². The van der Waals surface area contributed by atoms with Crippen LogP contribution >= 0.6 is 15.6 Å². The van der Waals surface area contributed by atoms with Gasteiger partial charge in [0.05, 0.1) is 26.4 Å². The van der Waals surface area contributed by atoms with E-state index in [0.717, 1.165) is 102 Å². The standard InChI is InChI=1S/C87H170O17P2/c1-7-11-13-15-17-19-21-22-23-24-25-26-27-28-32-35-38-41-45-52-58-64-70-85(90)98-75-82(103-86(91)71-65-59-53-46-42-39-36-33-30-29-31-34-37-40-43-49-55-61-67-79(5)9-3)77-101-105(93,94)99-73-81(88)74-100-106(95,96)102-78-83(76-97-84(89)69-63-57-51-44-20-18-16-14-12-8-2)104-87(92)72-66-60-54-48-47-50-56-62-68-80(6)10-4/h79-83,88H,7-78H2,1-6H3,(H,93,94)(H,95,96)/t79?,80?,81-,82-,83-/m1/s1. The van der Waals surface area contributed by atoms with Gasteiger partial charge >= 0.3 is 39.5 Å². The van der Waals surface area contributed by atoms with E-state index in [2.05, 4.69) is 41.5 Å². The Hall–Kier alpha value is -1.94. The molecule has 0 fully saturated rings. The zero-order chi connectivity index (χ0) is 77.8. The predicted molar refractivity (Wildman–Crippen MR) is 437 cm³/mol. The first-order valence-electron chi connectivity index (χ1n) is 45.1. The second-order valence-corrected chi connectivity index (χ2v) is 34.7. The number of carbonyl (C=O) groups is 4. The monoisotopic (exact) mass is 1550 g/mol. The van der Waals surface area contributed by atoms with Crippen LogP contribution in [-0.4, -0.2) is 96.7 Å². The summed E-state index contributed by atoms with van der Waals surface area (Å²) >= 11 is 0. The summed E-state index contributed by atoms with van der Waals surface area (Å²) in [6, 6.07) is 0. The molecule has 0 aromatic rings. The number of phosphoric ester groups is 2. The largest absolute Gasteiger partial charge is 0.472 e. The molecule has 0 aliphatic heterocycles. The van der Waals surface area contributed by atoms with Crippen molar-refractivity contribution in [3.05, 3.63) is 0 Å². The second-order valence-electron chi connectivity index (χ2n) is 31.8. The molecule has 4 unspecified atom stereocenters. The number of hydrogen-bond acceptors (Lipinski definition) is 15. The van der Waals surface area contributed by atoms with Crippen LogP contribution in [0.4, 0.5) is 0 Å². The minimum atomic E-state index is -4.97. The van der Waals surface area contributed by atoms with Crippen molar-refractivity contribution in [1.82, 2.24) is 0 Å². The minimum Gasteiger partial charge on any atom is -0.462 e. The summed E-state index contributed by atoms with van der Waals surface area (Å²) in [6.07, 6.45) is 71.0. The van der Waals surface area contributed by atoms with Gasteiger partial charge in [0.1, 0.15) is 19.3 Å². The Morgan fingerprint density at radius 2 is 0.453 bits per heavy atom. The van der Waals surface area contributed by atoms with Crippen LogP contribution in [0.2, 0.25) is 0 Å². The average Bonchev–Trinajstić information content (AvgIpc) is 0.907. The normalized spacial score (nSPS) is 14.3. The van der Waals surface area contributed by atoms with Gasteiger partial charge < -0.3 is 33.8 Å². The number of hydrogen-bond donors (Lipinski definition) is 3. The maximum absolute atomic E-state index is 13.2. The summed E-state index contributed by atoms with van der Waals surface area (Å²) in [5, 5.41) is 10.7.